The summed E-state index contributed by atoms with van der Waals surface area (Å²) in [7, 11) is 0. The van der Waals surface area contributed by atoms with Gasteiger partial charge in [0, 0.05) is 24.3 Å². The van der Waals surface area contributed by atoms with Crippen LogP contribution in [0.3, 0.4) is 0 Å². The summed E-state index contributed by atoms with van der Waals surface area (Å²) < 4.78 is 0. The Morgan fingerprint density at radius 2 is 2.00 bits per heavy atom. The van der Waals surface area contributed by atoms with E-state index in [9.17, 15) is 0 Å². The molecule has 0 saturated carbocycles. The number of rotatable bonds is 1. The van der Waals surface area contributed by atoms with E-state index >= 15 is 0 Å². The van der Waals surface area contributed by atoms with Crippen LogP contribution in [0.15, 0.2) is 30.3 Å². The Kier molecular flexibility index (Phi) is 2.23. The first-order valence-corrected chi connectivity index (χ1v) is 4.84. The molecule has 1 heterocycles. The predicted molar refractivity (Wildman–Crippen MR) is 55.8 cm³/mol. The number of anilines is 1. The van der Waals surface area contributed by atoms with Crippen LogP contribution in [0, 0.1) is 0 Å². The molecule has 0 spiro atoms. The largest absolute Gasteiger partial charge is 0.367 e. The molecule has 0 amide bonds. The topological polar surface area (TPSA) is 29.3 Å². The average molecular weight is 176 g/mol. The molecule has 2 heteroatoms. The van der Waals surface area contributed by atoms with Gasteiger partial charge >= 0.3 is 0 Å². The fourth-order valence-electron chi connectivity index (χ4n) is 2.05. The molecule has 2 rings (SSSR count). The van der Waals surface area contributed by atoms with E-state index in [1.807, 2.05) is 6.07 Å². The summed E-state index contributed by atoms with van der Waals surface area (Å²) in [6.07, 6.45) is 1.11. The van der Waals surface area contributed by atoms with Crippen molar-refractivity contribution in [3.05, 3.63) is 30.3 Å². The highest BCUT2D eigenvalue weighted by atomic mass is 15.2. The monoisotopic (exact) mass is 176 g/mol. The molecule has 2 atom stereocenters. The van der Waals surface area contributed by atoms with E-state index in [0.29, 0.717) is 12.1 Å². The van der Waals surface area contributed by atoms with E-state index in [-0.39, 0.29) is 0 Å². The van der Waals surface area contributed by atoms with Crippen LogP contribution < -0.4 is 10.6 Å². The maximum absolute atomic E-state index is 5.91. The Bertz CT molecular complexity index is 271. The van der Waals surface area contributed by atoms with Crippen molar-refractivity contribution in [3.63, 3.8) is 0 Å². The van der Waals surface area contributed by atoms with Crippen molar-refractivity contribution in [1.29, 1.82) is 0 Å². The van der Waals surface area contributed by atoms with Gasteiger partial charge in [0.15, 0.2) is 0 Å². The average Bonchev–Trinajstić information content (AvgIpc) is 2.47. The Morgan fingerprint density at radius 3 is 2.54 bits per heavy atom. The second-order valence-electron chi connectivity index (χ2n) is 3.83. The normalized spacial score (nSPS) is 28.0. The Balaban J connectivity index is 2.18. The molecule has 1 fully saturated rings. The lowest BCUT2D eigenvalue weighted by Gasteiger charge is -2.23. The standard InChI is InChI=1S/C11H16N2/c1-9-7-10(12)8-13(9)11-5-3-2-4-6-11/h2-6,9-10H,7-8,12H2,1H3/t9-,10-/m1/s1. The summed E-state index contributed by atoms with van der Waals surface area (Å²) in [5.41, 5.74) is 7.21. The van der Waals surface area contributed by atoms with E-state index in [4.69, 9.17) is 5.73 Å². The second kappa shape index (κ2) is 3.38. The Labute approximate surface area is 79.4 Å². The van der Waals surface area contributed by atoms with Crippen molar-refractivity contribution in [2.45, 2.75) is 25.4 Å². The lowest BCUT2D eigenvalue weighted by Crippen LogP contribution is -2.28. The highest BCUT2D eigenvalue weighted by molar-refractivity contribution is 5.48. The smallest absolute Gasteiger partial charge is 0.0369 e. The van der Waals surface area contributed by atoms with Crippen molar-refractivity contribution >= 4 is 5.69 Å². The zero-order valence-corrected chi connectivity index (χ0v) is 7.98. The minimum absolute atomic E-state index is 0.343. The van der Waals surface area contributed by atoms with Gasteiger partial charge in [-0.15, -0.1) is 0 Å². The van der Waals surface area contributed by atoms with Crippen LogP contribution in [0.1, 0.15) is 13.3 Å². The van der Waals surface area contributed by atoms with Gasteiger partial charge in [0.2, 0.25) is 0 Å². The maximum atomic E-state index is 5.91. The fraction of sp³-hybridized carbons (Fsp3) is 0.455. The van der Waals surface area contributed by atoms with Gasteiger partial charge in [-0.05, 0) is 25.5 Å². The van der Waals surface area contributed by atoms with Crippen LogP contribution in [0.4, 0.5) is 5.69 Å². The number of nitrogens with two attached hydrogens (primary N) is 1. The van der Waals surface area contributed by atoms with Crippen LogP contribution in [0.25, 0.3) is 0 Å². The minimum Gasteiger partial charge on any atom is -0.367 e. The van der Waals surface area contributed by atoms with E-state index in [0.717, 1.165) is 13.0 Å². The molecule has 0 unspecified atom stereocenters. The number of hydrogen-bond donors (Lipinski definition) is 1. The molecule has 1 saturated heterocycles. The van der Waals surface area contributed by atoms with Crippen LogP contribution in [0.5, 0.6) is 0 Å². The molecular formula is C11H16N2. The van der Waals surface area contributed by atoms with E-state index < -0.39 is 0 Å². The molecule has 0 radical (unpaired) electrons. The molecule has 1 aliphatic heterocycles. The highest BCUT2D eigenvalue weighted by Crippen LogP contribution is 2.23. The summed E-state index contributed by atoms with van der Waals surface area (Å²) in [4.78, 5) is 2.38. The number of para-hydroxylation sites is 1. The van der Waals surface area contributed by atoms with Crippen molar-refractivity contribution in [3.8, 4) is 0 Å². The summed E-state index contributed by atoms with van der Waals surface area (Å²) >= 11 is 0. The third-order valence-electron chi connectivity index (χ3n) is 2.69. The Hall–Kier alpha value is -1.02. The SMILES string of the molecule is C[C@@H]1C[C@@H](N)CN1c1ccccc1. The first-order valence-electron chi connectivity index (χ1n) is 4.84. The van der Waals surface area contributed by atoms with Gasteiger partial charge < -0.3 is 10.6 Å². The van der Waals surface area contributed by atoms with Crippen molar-refractivity contribution in [1.82, 2.24) is 0 Å². The molecule has 13 heavy (non-hydrogen) atoms. The van der Waals surface area contributed by atoms with Gasteiger partial charge in [-0.2, -0.15) is 0 Å². The predicted octanol–water partition coefficient (Wildman–Crippen LogP) is 1.61. The van der Waals surface area contributed by atoms with Crippen LogP contribution in [0.2, 0.25) is 0 Å². The molecule has 1 aromatic rings. The summed E-state index contributed by atoms with van der Waals surface area (Å²) in [6.45, 7) is 3.23. The quantitative estimate of drug-likeness (QED) is 0.704. The second-order valence-corrected chi connectivity index (χ2v) is 3.83. The van der Waals surface area contributed by atoms with Gasteiger partial charge in [0.05, 0.1) is 0 Å². The molecular weight excluding hydrogens is 160 g/mol. The number of nitrogens with zero attached hydrogens (tertiary/aromatic N) is 1. The summed E-state index contributed by atoms with van der Waals surface area (Å²) in [6, 6.07) is 11.4. The molecule has 0 aromatic heterocycles. The highest BCUT2D eigenvalue weighted by Gasteiger charge is 2.26. The summed E-state index contributed by atoms with van der Waals surface area (Å²) in [5.74, 6) is 0. The van der Waals surface area contributed by atoms with Gasteiger partial charge in [0.25, 0.3) is 0 Å². The summed E-state index contributed by atoms with van der Waals surface area (Å²) in [5, 5.41) is 0. The molecule has 1 aliphatic rings. The van der Waals surface area contributed by atoms with Crippen molar-refractivity contribution < 1.29 is 0 Å². The number of benzene rings is 1. The van der Waals surface area contributed by atoms with Gasteiger partial charge in [-0.25, -0.2) is 0 Å². The molecule has 70 valence electrons. The van der Waals surface area contributed by atoms with Gasteiger partial charge in [0.1, 0.15) is 0 Å². The van der Waals surface area contributed by atoms with Crippen molar-refractivity contribution in [2.24, 2.45) is 5.73 Å². The van der Waals surface area contributed by atoms with Crippen LogP contribution in [-0.2, 0) is 0 Å². The lowest BCUT2D eigenvalue weighted by molar-refractivity contribution is 0.690. The van der Waals surface area contributed by atoms with E-state index in [2.05, 4.69) is 36.1 Å². The van der Waals surface area contributed by atoms with Crippen LogP contribution in [-0.4, -0.2) is 18.6 Å². The molecule has 2 N–H and O–H groups in total. The molecule has 0 bridgehead atoms. The maximum Gasteiger partial charge on any atom is 0.0369 e. The fourth-order valence-corrected chi connectivity index (χ4v) is 2.05. The molecule has 2 nitrogen and oxygen atoms in total. The van der Waals surface area contributed by atoms with Gasteiger partial charge in [-0.1, -0.05) is 18.2 Å². The van der Waals surface area contributed by atoms with Crippen LogP contribution >= 0.6 is 0 Å². The lowest BCUT2D eigenvalue weighted by atomic mass is 10.2. The first-order chi connectivity index (χ1) is 6.27. The zero-order chi connectivity index (χ0) is 9.26. The zero-order valence-electron chi connectivity index (χ0n) is 7.98. The molecule has 1 aromatic carbocycles. The third kappa shape index (κ3) is 1.68. The van der Waals surface area contributed by atoms with E-state index in [1.165, 1.54) is 5.69 Å². The number of hydrogen-bond acceptors (Lipinski definition) is 2. The molecule has 0 aliphatic carbocycles. The van der Waals surface area contributed by atoms with E-state index in [1.54, 1.807) is 0 Å². The third-order valence-corrected chi connectivity index (χ3v) is 2.69. The minimum atomic E-state index is 0.343. The van der Waals surface area contributed by atoms with Crippen molar-refractivity contribution in [2.75, 3.05) is 11.4 Å². The first kappa shape index (κ1) is 8.57. The van der Waals surface area contributed by atoms with Gasteiger partial charge in [-0.3, -0.25) is 0 Å². The Morgan fingerprint density at radius 1 is 1.31 bits per heavy atom.